The number of rotatable bonds is 3. The maximum Gasteiger partial charge on any atom is 0.122 e. The first-order chi connectivity index (χ1) is 9.28. The maximum atomic E-state index is 6.15. The molecule has 3 nitrogen and oxygen atoms in total. The van der Waals surface area contributed by atoms with E-state index in [4.69, 9.17) is 15.5 Å². The van der Waals surface area contributed by atoms with Gasteiger partial charge >= 0.3 is 0 Å². The molecule has 0 spiro atoms. The Morgan fingerprint density at radius 1 is 1.42 bits per heavy atom. The lowest BCUT2D eigenvalue weighted by atomic mass is 9.99. The van der Waals surface area contributed by atoms with Crippen LogP contribution >= 0.6 is 11.3 Å². The number of nitrogens with zero attached hydrogens (tertiary/aromatic N) is 1. The number of hydrogen-bond acceptors (Lipinski definition) is 4. The molecule has 0 radical (unpaired) electrons. The maximum absolute atomic E-state index is 6.15. The second kappa shape index (κ2) is 5.31. The highest BCUT2D eigenvalue weighted by molar-refractivity contribution is 7.11. The van der Waals surface area contributed by atoms with E-state index in [-0.39, 0.29) is 6.04 Å². The van der Waals surface area contributed by atoms with E-state index in [2.05, 4.69) is 6.07 Å². The van der Waals surface area contributed by atoms with Crippen molar-refractivity contribution in [1.29, 1.82) is 0 Å². The zero-order valence-electron chi connectivity index (χ0n) is 11.1. The number of para-hydroxylation sites is 1. The average molecular weight is 274 g/mol. The minimum absolute atomic E-state index is 0.188. The van der Waals surface area contributed by atoms with Crippen LogP contribution in [0.1, 0.15) is 40.0 Å². The predicted octanol–water partition coefficient (Wildman–Crippen LogP) is 3.08. The highest BCUT2D eigenvalue weighted by Crippen LogP contribution is 2.34. The van der Waals surface area contributed by atoms with Crippen LogP contribution in [0.4, 0.5) is 0 Å². The first-order valence-electron chi connectivity index (χ1n) is 6.64. The number of hydrogen-bond donors (Lipinski definition) is 1. The molecule has 1 unspecified atom stereocenters. The molecular formula is C15H18N2OS. The summed E-state index contributed by atoms with van der Waals surface area (Å²) < 4.78 is 5.39. The molecule has 3 rings (SSSR count). The molecule has 0 saturated carbocycles. The van der Waals surface area contributed by atoms with Gasteiger partial charge in [-0.05, 0) is 25.3 Å². The molecule has 1 aliphatic rings. The SMILES string of the molecule is COc1ccccc1Cc1nc2c(s1)C(N)CCC2. The van der Waals surface area contributed by atoms with E-state index >= 15 is 0 Å². The van der Waals surface area contributed by atoms with Crippen LogP contribution in [0, 0.1) is 0 Å². The Balaban J connectivity index is 1.88. The number of fused-ring (bicyclic) bond motifs is 1. The lowest BCUT2D eigenvalue weighted by molar-refractivity contribution is 0.410. The molecule has 1 aromatic heterocycles. The Morgan fingerprint density at radius 2 is 2.26 bits per heavy atom. The summed E-state index contributed by atoms with van der Waals surface area (Å²) in [6.45, 7) is 0. The summed E-state index contributed by atoms with van der Waals surface area (Å²) in [7, 11) is 1.71. The van der Waals surface area contributed by atoms with Crippen LogP contribution in [0.15, 0.2) is 24.3 Å². The van der Waals surface area contributed by atoms with E-state index in [1.165, 1.54) is 16.1 Å². The highest BCUT2D eigenvalue weighted by Gasteiger charge is 2.21. The minimum atomic E-state index is 0.188. The molecule has 0 saturated heterocycles. The van der Waals surface area contributed by atoms with Gasteiger partial charge in [0.1, 0.15) is 5.75 Å². The summed E-state index contributed by atoms with van der Waals surface area (Å²) in [6, 6.07) is 8.31. The van der Waals surface area contributed by atoms with E-state index in [1.807, 2.05) is 18.2 Å². The van der Waals surface area contributed by atoms with E-state index in [0.717, 1.165) is 36.4 Å². The summed E-state index contributed by atoms with van der Waals surface area (Å²) >= 11 is 1.77. The van der Waals surface area contributed by atoms with Gasteiger partial charge in [-0.15, -0.1) is 11.3 Å². The van der Waals surface area contributed by atoms with Gasteiger partial charge in [-0.3, -0.25) is 0 Å². The number of thiazole rings is 1. The Kier molecular flexibility index (Phi) is 3.53. The van der Waals surface area contributed by atoms with Crippen molar-refractivity contribution in [2.75, 3.05) is 7.11 Å². The van der Waals surface area contributed by atoms with Crippen molar-refractivity contribution in [2.24, 2.45) is 5.73 Å². The fourth-order valence-corrected chi connectivity index (χ4v) is 3.76. The number of benzene rings is 1. The molecule has 0 aliphatic heterocycles. The highest BCUT2D eigenvalue weighted by atomic mass is 32.1. The normalized spacial score (nSPS) is 18.1. The molecule has 0 fully saturated rings. The number of aromatic nitrogens is 1. The van der Waals surface area contributed by atoms with Crippen LogP contribution in [0.25, 0.3) is 0 Å². The summed E-state index contributed by atoms with van der Waals surface area (Å²) in [5, 5.41) is 1.15. The fraction of sp³-hybridized carbons (Fsp3) is 0.400. The second-order valence-corrected chi connectivity index (χ2v) is 6.02. The van der Waals surface area contributed by atoms with E-state index in [9.17, 15) is 0 Å². The number of nitrogens with two attached hydrogens (primary N) is 1. The molecule has 1 aliphatic carbocycles. The second-order valence-electron chi connectivity index (χ2n) is 4.91. The molecule has 19 heavy (non-hydrogen) atoms. The number of ether oxygens (including phenoxy) is 1. The first kappa shape index (κ1) is 12.6. The Bertz CT molecular complexity index is 579. The summed E-state index contributed by atoms with van der Waals surface area (Å²) in [5.74, 6) is 0.931. The van der Waals surface area contributed by atoms with Gasteiger partial charge in [-0.1, -0.05) is 18.2 Å². The average Bonchev–Trinajstić information content (AvgIpc) is 2.83. The monoisotopic (exact) mass is 274 g/mol. The van der Waals surface area contributed by atoms with Crippen molar-refractivity contribution in [1.82, 2.24) is 4.98 Å². The molecule has 2 N–H and O–H groups in total. The third-order valence-corrected chi connectivity index (χ3v) is 4.80. The van der Waals surface area contributed by atoms with Gasteiger partial charge in [0, 0.05) is 22.9 Å². The van der Waals surface area contributed by atoms with Crippen molar-refractivity contribution in [3.63, 3.8) is 0 Å². The largest absolute Gasteiger partial charge is 0.496 e. The van der Waals surface area contributed by atoms with Crippen molar-refractivity contribution < 1.29 is 4.74 Å². The van der Waals surface area contributed by atoms with Crippen LogP contribution in [0.2, 0.25) is 0 Å². The van der Waals surface area contributed by atoms with Crippen LogP contribution < -0.4 is 10.5 Å². The van der Waals surface area contributed by atoms with Gasteiger partial charge in [0.15, 0.2) is 0 Å². The van der Waals surface area contributed by atoms with E-state index in [0.29, 0.717) is 0 Å². The van der Waals surface area contributed by atoms with Gasteiger partial charge in [0.05, 0.1) is 17.8 Å². The Hall–Kier alpha value is -1.39. The van der Waals surface area contributed by atoms with Gasteiger partial charge in [0.2, 0.25) is 0 Å². The smallest absolute Gasteiger partial charge is 0.122 e. The van der Waals surface area contributed by atoms with Crippen molar-refractivity contribution in [3.05, 3.63) is 45.4 Å². The molecule has 1 aromatic carbocycles. The third kappa shape index (κ3) is 2.51. The number of aryl methyl sites for hydroxylation is 1. The van der Waals surface area contributed by atoms with Gasteiger partial charge < -0.3 is 10.5 Å². The standard InChI is InChI=1S/C15H18N2OS/c1-18-13-8-3-2-5-10(13)9-14-17-12-7-4-6-11(16)15(12)19-14/h2-3,5,8,11H,4,6-7,9,16H2,1H3. The molecular weight excluding hydrogens is 256 g/mol. The predicted molar refractivity (Wildman–Crippen MR) is 77.8 cm³/mol. The van der Waals surface area contributed by atoms with Crippen molar-refractivity contribution >= 4 is 11.3 Å². The molecule has 4 heteroatoms. The molecule has 100 valence electrons. The molecule has 0 amide bonds. The topological polar surface area (TPSA) is 48.1 Å². The van der Waals surface area contributed by atoms with E-state index < -0.39 is 0 Å². The fourth-order valence-electron chi connectivity index (χ4n) is 2.59. The van der Waals surface area contributed by atoms with Crippen molar-refractivity contribution in [3.8, 4) is 5.75 Å². The van der Waals surface area contributed by atoms with Gasteiger partial charge in [-0.25, -0.2) is 4.98 Å². The Morgan fingerprint density at radius 3 is 3.05 bits per heavy atom. The van der Waals surface area contributed by atoms with Crippen LogP contribution in [-0.4, -0.2) is 12.1 Å². The molecule has 1 heterocycles. The molecule has 0 bridgehead atoms. The molecule has 1 atom stereocenters. The van der Waals surface area contributed by atoms with Crippen LogP contribution in [0.3, 0.4) is 0 Å². The van der Waals surface area contributed by atoms with Gasteiger partial charge in [0.25, 0.3) is 0 Å². The van der Waals surface area contributed by atoms with Crippen LogP contribution in [-0.2, 0) is 12.8 Å². The van der Waals surface area contributed by atoms with Gasteiger partial charge in [-0.2, -0.15) is 0 Å². The summed E-state index contributed by atoms with van der Waals surface area (Å²) in [5.41, 5.74) is 8.56. The first-order valence-corrected chi connectivity index (χ1v) is 7.45. The summed E-state index contributed by atoms with van der Waals surface area (Å²) in [4.78, 5) is 6.04. The van der Waals surface area contributed by atoms with Crippen molar-refractivity contribution in [2.45, 2.75) is 31.7 Å². The lowest BCUT2D eigenvalue weighted by Crippen LogP contribution is -2.15. The Labute approximate surface area is 117 Å². The lowest BCUT2D eigenvalue weighted by Gasteiger charge is -2.15. The summed E-state index contributed by atoms with van der Waals surface area (Å²) in [6.07, 6.45) is 4.15. The molecule has 2 aromatic rings. The quantitative estimate of drug-likeness (QED) is 0.935. The zero-order valence-corrected chi connectivity index (χ0v) is 11.9. The minimum Gasteiger partial charge on any atom is -0.496 e. The van der Waals surface area contributed by atoms with E-state index in [1.54, 1.807) is 18.4 Å². The third-order valence-electron chi connectivity index (χ3n) is 3.57. The van der Waals surface area contributed by atoms with Crippen LogP contribution in [0.5, 0.6) is 5.75 Å². The number of methoxy groups -OCH3 is 1. The zero-order chi connectivity index (χ0) is 13.2.